The second-order valence-electron chi connectivity index (χ2n) is 4.15. The molecule has 0 radical (unpaired) electrons. The number of hydrogen-bond acceptors (Lipinski definition) is 1. The highest BCUT2D eigenvalue weighted by Gasteiger charge is 2.34. The van der Waals surface area contributed by atoms with E-state index in [2.05, 4.69) is 48.6 Å². The molecule has 0 aromatic heterocycles. The number of rotatable bonds is 0. The number of fused-ring (bicyclic) bond motifs is 7. The lowest BCUT2D eigenvalue weighted by molar-refractivity contribution is 0.0883. The molecule has 2 aromatic carbocycles. The summed E-state index contributed by atoms with van der Waals surface area (Å²) in [7, 11) is 0. The fraction of sp³-hybridized carbons (Fsp3) is 0.143. The molecule has 0 saturated heterocycles. The van der Waals surface area contributed by atoms with Gasteiger partial charge in [-0.3, -0.25) is 0 Å². The molecule has 1 nitrogen and oxygen atoms in total. The van der Waals surface area contributed by atoms with Crippen molar-refractivity contribution < 1.29 is 4.74 Å². The first-order valence-electron chi connectivity index (χ1n) is 5.29. The van der Waals surface area contributed by atoms with Gasteiger partial charge in [-0.15, -0.1) is 0 Å². The first-order chi connectivity index (χ1) is 7.43. The molecule has 0 spiro atoms. The summed E-state index contributed by atoms with van der Waals surface area (Å²) < 4.78 is 5.84. The van der Waals surface area contributed by atoms with Crippen molar-refractivity contribution in [3.8, 4) is 0 Å². The van der Waals surface area contributed by atoms with Crippen molar-refractivity contribution in [2.45, 2.75) is 12.2 Å². The Morgan fingerprint density at radius 1 is 0.867 bits per heavy atom. The van der Waals surface area contributed by atoms with Crippen molar-refractivity contribution in [2.24, 2.45) is 0 Å². The Kier molecular flexibility index (Phi) is 1.28. The molecule has 2 heterocycles. The molecule has 0 unspecified atom stereocenters. The molecule has 2 aliphatic rings. The van der Waals surface area contributed by atoms with Crippen LogP contribution in [0.25, 0.3) is 10.8 Å². The summed E-state index contributed by atoms with van der Waals surface area (Å²) in [5.74, 6) is 0. The molecule has 4 rings (SSSR count). The van der Waals surface area contributed by atoms with Gasteiger partial charge in [-0.25, -0.2) is 0 Å². The van der Waals surface area contributed by atoms with Crippen molar-refractivity contribution in [2.75, 3.05) is 0 Å². The standard InChI is InChI=1S/C14H10O/c1-2-4-10-9(3-1)5-6-11-12-7-8-13(15-12)14(10)11/h1-8,12-13H/t12-,13+/m0/s1. The lowest BCUT2D eigenvalue weighted by Gasteiger charge is -2.10. The lowest BCUT2D eigenvalue weighted by Crippen LogP contribution is -1.93. The third-order valence-corrected chi connectivity index (χ3v) is 3.35. The second-order valence-corrected chi connectivity index (χ2v) is 4.15. The zero-order valence-corrected chi connectivity index (χ0v) is 8.18. The highest BCUT2D eigenvalue weighted by atomic mass is 16.5. The normalized spacial score (nSPS) is 26.1. The Labute approximate surface area is 88.0 Å². The van der Waals surface area contributed by atoms with Gasteiger partial charge in [0.05, 0.1) is 0 Å². The van der Waals surface area contributed by atoms with E-state index < -0.39 is 0 Å². The molecule has 1 heteroatoms. The fourth-order valence-electron chi connectivity index (χ4n) is 2.67. The van der Waals surface area contributed by atoms with E-state index in [0.29, 0.717) is 0 Å². The maximum Gasteiger partial charge on any atom is 0.103 e. The molecule has 0 N–H and O–H groups in total. The van der Waals surface area contributed by atoms with Gasteiger partial charge in [0.25, 0.3) is 0 Å². The molecule has 15 heavy (non-hydrogen) atoms. The largest absolute Gasteiger partial charge is 0.357 e. The predicted octanol–water partition coefficient (Wildman–Crippen LogP) is 3.52. The molecule has 2 aromatic rings. The van der Waals surface area contributed by atoms with Crippen molar-refractivity contribution in [1.82, 2.24) is 0 Å². The van der Waals surface area contributed by atoms with Crippen LogP contribution >= 0.6 is 0 Å². The molecule has 0 amide bonds. The van der Waals surface area contributed by atoms with Gasteiger partial charge in [-0.05, 0) is 21.9 Å². The summed E-state index contributed by atoms with van der Waals surface area (Å²) in [4.78, 5) is 0. The van der Waals surface area contributed by atoms with E-state index in [-0.39, 0.29) is 12.2 Å². The first kappa shape index (κ1) is 7.66. The average molecular weight is 194 g/mol. The van der Waals surface area contributed by atoms with Crippen molar-refractivity contribution in [3.05, 3.63) is 59.7 Å². The summed E-state index contributed by atoms with van der Waals surface area (Å²) in [6, 6.07) is 12.9. The predicted molar refractivity (Wildman–Crippen MR) is 59.7 cm³/mol. The second kappa shape index (κ2) is 2.50. The third kappa shape index (κ3) is 0.864. The molecule has 2 atom stereocenters. The molecule has 0 aliphatic carbocycles. The van der Waals surface area contributed by atoms with E-state index in [4.69, 9.17) is 4.74 Å². The van der Waals surface area contributed by atoms with Crippen LogP contribution in [0.5, 0.6) is 0 Å². The van der Waals surface area contributed by atoms with Crippen molar-refractivity contribution >= 4 is 10.8 Å². The molecule has 2 bridgehead atoms. The fourth-order valence-corrected chi connectivity index (χ4v) is 2.67. The Bertz CT molecular complexity index is 583. The summed E-state index contributed by atoms with van der Waals surface area (Å²) in [5.41, 5.74) is 2.72. The van der Waals surface area contributed by atoms with Crippen molar-refractivity contribution in [3.63, 3.8) is 0 Å². The van der Waals surface area contributed by atoms with Crippen LogP contribution in [0.4, 0.5) is 0 Å². The smallest absolute Gasteiger partial charge is 0.103 e. The van der Waals surface area contributed by atoms with E-state index in [1.54, 1.807) is 0 Å². The molecular formula is C14H10O. The Morgan fingerprint density at radius 3 is 2.73 bits per heavy atom. The summed E-state index contributed by atoms with van der Waals surface area (Å²) in [6.45, 7) is 0. The molecule has 72 valence electrons. The third-order valence-electron chi connectivity index (χ3n) is 3.35. The number of benzene rings is 2. The van der Waals surface area contributed by atoms with Gasteiger partial charge in [-0.1, -0.05) is 48.6 Å². The Hall–Kier alpha value is -1.60. The first-order valence-corrected chi connectivity index (χ1v) is 5.29. The highest BCUT2D eigenvalue weighted by Crippen LogP contribution is 2.48. The SMILES string of the molecule is C1=C[C@H]2O[C@@H]1c1ccc3ccccc3c12. The Morgan fingerprint density at radius 2 is 1.73 bits per heavy atom. The van der Waals surface area contributed by atoms with Gasteiger partial charge in [0.1, 0.15) is 12.2 Å². The van der Waals surface area contributed by atoms with Gasteiger partial charge >= 0.3 is 0 Å². The van der Waals surface area contributed by atoms with Crippen LogP contribution in [0.1, 0.15) is 23.3 Å². The monoisotopic (exact) mass is 194 g/mol. The van der Waals surface area contributed by atoms with E-state index in [9.17, 15) is 0 Å². The average Bonchev–Trinajstić information content (AvgIpc) is 2.89. The van der Waals surface area contributed by atoms with Crippen LogP contribution < -0.4 is 0 Å². The molecule has 2 aliphatic heterocycles. The zero-order valence-electron chi connectivity index (χ0n) is 8.18. The number of hydrogen-bond donors (Lipinski definition) is 0. The van der Waals surface area contributed by atoms with Crippen LogP contribution in [0, 0.1) is 0 Å². The summed E-state index contributed by atoms with van der Waals surface area (Å²) in [6.07, 6.45) is 4.71. The van der Waals surface area contributed by atoms with Gasteiger partial charge in [-0.2, -0.15) is 0 Å². The minimum atomic E-state index is 0.191. The minimum absolute atomic E-state index is 0.191. The van der Waals surface area contributed by atoms with Crippen LogP contribution in [-0.4, -0.2) is 0 Å². The molecule has 0 saturated carbocycles. The van der Waals surface area contributed by atoms with Crippen LogP contribution in [0.3, 0.4) is 0 Å². The Balaban J connectivity index is 2.15. The van der Waals surface area contributed by atoms with E-state index in [1.165, 1.54) is 21.9 Å². The quantitative estimate of drug-likeness (QED) is 0.583. The number of ether oxygens (including phenoxy) is 1. The topological polar surface area (TPSA) is 9.23 Å². The van der Waals surface area contributed by atoms with Gasteiger partial charge in [0, 0.05) is 0 Å². The lowest BCUT2D eigenvalue weighted by atomic mass is 9.92. The summed E-state index contributed by atoms with van der Waals surface area (Å²) >= 11 is 0. The van der Waals surface area contributed by atoms with E-state index >= 15 is 0 Å². The van der Waals surface area contributed by atoms with Crippen LogP contribution in [-0.2, 0) is 4.74 Å². The van der Waals surface area contributed by atoms with Gasteiger partial charge < -0.3 is 4.74 Å². The zero-order chi connectivity index (χ0) is 9.83. The van der Waals surface area contributed by atoms with Crippen LogP contribution in [0.2, 0.25) is 0 Å². The van der Waals surface area contributed by atoms with E-state index in [0.717, 1.165) is 0 Å². The van der Waals surface area contributed by atoms with Crippen molar-refractivity contribution in [1.29, 1.82) is 0 Å². The van der Waals surface area contributed by atoms with E-state index in [1.807, 2.05) is 0 Å². The maximum absolute atomic E-state index is 5.84. The summed E-state index contributed by atoms with van der Waals surface area (Å²) in [5, 5.41) is 2.65. The van der Waals surface area contributed by atoms with Crippen LogP contribution in [0.15, 0.2) is 48.6 Å². The highest BCUT2D eigenvalue weighted by molar-refractivity contribution is 5.88. The minimum Gasteiger partial charge on any atom is -0.357 e. The molecule has 0 fully saturated rings. The molecular weight excluding hydrogens is 184 g/mol. The van der Waals surface area contributed by atoms with Gasteiger partial charge in [0.2, 0.25) is 0 Å². The van der Waals surface area contributed by atoms with Gasteiger partial charge in [0.15, 0.2) is 0 Å². The maximum atomic E-state index is 5.84.